The summed E-state index contributed by atoms with van der Waals surface area (Å²) >= 11 is 0. The van der Waals surface area contributed by atoms with Crippen molar-refractivity contribution in [1.29, 1.82) is 0 Å². The second-order valence-electron chi connectivity index (χ2n) is 8.08. The molecule has 7 heteroatoms. The minimum absolute atomic E-state index is 0. The molecule has 6 nitrogen and oxygen atoms in total. The summed E-state index contributed by atoms with van der Waals surface area (Å²) in [7, 11) is 0. The lowest BCUT2D eigenvalue weighted by atomic mass is 10.0. The van der Waals surface area contributed by atoms with E-state index < -0.39 is 0 Å². The number of benzene rings is 3. The van der Waals surface area contributed by atoms with Crippen molar-refractivity contribution in [3.05, 3.63) is 94.1 Å². The highest BCUT2D eigenvalue weighted by Gasteiger charge is 2.15. The molecule has 0 radical (unpaired) electrons. The van der Waals surface area contributed by atoms with Gasteiger partial charge in [-0.25, -0.2) is 0 Å². The second kappa shape index (κ2) is 13.7. The number of hydrogen-bond acceptors (Lipinski definition) is 6. The Bertz CT molecular complexity index is 1310. The Hall–Kier alpha value is -3.32. The van der Waals surface area contributed by atoms with E-state index in [1.165, 1.54) is 0 Å². The summed E-state index contributed by atoms with van der Waals surface area (Å²) in [6.45, 7) is 7.13. The maximum atomic E-state index is 13.0. The maximum absolute atomic E-state index is 13.0. The fourth-order valence-corrected chi connectivity index (χ4v) is 3.88. The number of fused-ring (bicyclic) bond motifs is 1. The molecular formula is C29H32ClNO5. The predicted octanol–water partition coefficient (Wildman–Crippen LogP) is 5.77. The summed E-state index contributed by atoms with van der Waals surface area (Å²) in [5.41, 5.74) is 2.91. The van der Waals surface area contributed by atoms with E-state index in [1.54, 1.807) is 6.07 Å². The van der Waals surface area contributed by atoms with Gasteiger partial charge in [-0.2, -0.15) is 0 Å². The summed E-state index contributed by atoms with van der Waals surface area (Å²) in [6.07, 6.45) is 0. The van der Waals surface area contributed by atoms with Crippen LogP contribution in [0.1, 0.15) is 18.1 Å². The van der Waals surface area contributed by atoms with Crippen molar-refractivity contribution < 1.29 is 18.6 Å². The van der Waals surface area contributed by atoms with Crippen LogP contribution < -0.4 is 20.2 Å². The van der Waals surface area contributed by atoms with Crippen molar-refractivity contribution >= 4 is 23.4 Å². The zero-order valence-corrected chi connectivity index (χ0v) is 21.4. The van der Waals surface area contributed by atoms with E-state index in [-0.39, 0.29) is 17.8 Å². The number of ether oxygens (including phenoxy) is 3. The molecule has 36 heavy (non-hydrogen) atoms. The SMILES string of the molecule is CCOc1ccccc1OCCNCCOCc1cccc2c(=O)c(C)c(-c3ccccc3)oc12.Cl. The lowest BCUT2D eigenvalue weighted by Crippen LogP contribution is -2.25. The molecule has 0 unspecified atom stereocenters. The topological polar surface area (TPSA) is 69.9 Å². The first-order valence-electron chi connectivity index (χ1n) is 11.9. The predicted molar refractivity (Wildman–Crippen MR) is 146 cm³/mol. The van der Waals surface area contributed by atoms with E-state index in [4.69, 9.17) is 18.6 Å². The van der Waals surface area contributed by atoms with Gasteiger partial charge in [-0.05, 0) is 32.0 Å². The highest BCUT2D eigenvalue weighted by molar-refractivity contribution is 5.85. The van der Waals surface area contributed by atoms with Crippen molar-refractivity contribution in [2.45, 2.75) is 20.5 Å². The number of halogens is 1. The van der Waals surface area contributed by atoms with Gasteiger partial charge in [0.25, 0.3) is 0 Å². The Labute approximate surface area is 217 Å². The molecule has 0 bridgehead atoms. The lowest BCUT2D eigenvalue weighted by Gasteiger charge is -2.12. The quantitative estimate of drug-likeness (QED) is 0.244. The van der Waals surface area contributed by atoms with Crippen LogP contribution in [0.15, 0.2) is 82.0 Å². The smallest absolute Gasteiger partial charge is 0.196 e. The highest BCUT2D eigenvalue weighted by Crippen LogP contribution is 2.28. The summed E-state index contributed by atoms with van der Waals surface area (Å²) in [4.78, 5) is 13.0. The van der Waals surface area contributed by atoms with E-state index >= 15 is 0 Å². The van der Waals surface area contributed by atoms with Crippen molar-refractivity contribution in [3.8, 4) is 22.8 Å². The molecule has 3 aromatic carbocycles. The van der Waals surface area contributed by atoms with Crippen molar-refractivity contribution in [2.75, 3.05) is 32.9 Å². The fraction of sp³-hybridized carbons (Fsp3) is 0.276. The molecule has 1 N–H and O–H groups in total. The molecule has 190 valence electrons. The van der Waals surface area contributed by atoms with Crippen LogP contribution in [0.5, 0.6) is 11.5 Å². The Morgan fingerprint density at radius 2 is 1.53 bits per heavy atom. The average Bonchev–Trinajstić information content (AvgIpc) is 2.89. The van der Waals surface area contributed by atoms with E-state index in [2.05, 4.69) is 5.32 Å². The van der Waals surface area contributed by atoms with Gasteiger partial charge in [0.2, 0.25) is 0 Å². The Morgan fingerprint density at radius 1 is 0.833 bits per heavy atom. The average molecular weight is 510 g/mol. The molecule has 0 spiro atoms. The first-order valence-corrected chi connectivity index (χ1v) is 11.9. The van der Waals surface area contributed by atoms with Gasteiger partial charge in [-0.3, -0.25) is 4.79 Å². The van der Waals surface area contributed by atoms with Gasteiger partial charge in [-0.1, -0.05) is 54.6 Å². The van der Waals surface area contributed by atoms with Crippen LogP contribution in [0.3, 0.4) is 0 Å². The molecular weight excluding hydrogens is 478 g/mol. The Morgan fingerprint density at radius 3 is 2.28 bits per heavy atom. The van der Waals surface area contributed by atoms with E-state index in [9.17, 15) is 4.79 Å². The minimum Gasteiger partial charge on any atom is -0.490 e. The van der Waals surface area contributed by atoms with E-state index in [0.29, 0.717) is 61.8 Å². The van der Waals surface area contributed by atoms with Crippen LogP contribution in [0.4, 0.5) is 0 Å². The van der Waals surface area contributed by atoms with E-state index in [0.717, 1.165) is 22.6 Å². The summed E-state index contributed by atoms with van der Waals surface area (Å²) in [5.74, 6) is 2.10. The normalized spacial score (nSPS) is 10.7. The van der Waals surface area contributed by atoms with Gasteiger partial charge in [0.15, 0.2) is 16.9 Å². The summed E-state index contributed by atoms with van der Waals surface area (Å²) < 4.78 is 23.5. The lowest BCUT2D eigenvalue weighted by molar-refractivity contribution is 0.122. The molecule has 0 aliphatic rings. The van der Waals surface area contributed by atoms with Crippen LogP contribution >= 0.6 is 12.4 Å². The molecule has 1 aromatic heterocycles. The van der Waals surface area contributed by atoms with Gasteiger partial charge in [0.1, 0.15) is 18.0 Å². The molecule has 1 heterocycles. The molecule has 4 aromatic rings. The van der Waals surface area contributed by atoms with Gasteiger partial charge in [0, 0.05) is 29.8 Å². The molecule has 0 atom stereocenters. The molecule has 0 saturated heterocycles. The standard InChI is InChI=1S/C29H31NO5.ClH/c1-3-33-25-14-7-8-15-26(25)34-19-17-30-16-18-32-20-23-12-9-13-24-27(31)21(2)28(35-29(23)24)22-10-5-4-6-11-22;/h4-15,30H,3,16-20H2,1-2H3;1H. The van der Waals surface area contributed by atoms with Crippen molar-refractivity contribution in [2.24, 2.45) is 0 Å². The highest BCUT2D eigenvalue weighted by atomic mass is 35.5. The Balaban J connectivity index is 0.00000361. The van der Waals surface area contributed by atoms with Crippen LogP contribution in [-0.2, 0) is 11.3 Å². The van der Waals surface area contributed by atoms with Crippen LogP contribution in [0, 0.1) is 6.92 Å². The molecule has 0 saturated carbocycles. The molecule has 0 aliphatic carbocycles. The number of nitrogens with one attached hydrogen (secondary N) is 1. The van der Waals surface area contributed by atoms with Gasteiger partial charge in [-0.15, -0.1) is 12.4 Å². The van der Waals surface area contributed by atoms with Gasteiger partial charge < -0.3 is 23.9 Å². The molecule has 0 fully saturated rings. The first kappa shape index (κ1) is 27.3. The first-order chi connectivity index (χ1) is 17.2. The minimum atomic E-state index is -0.0143. The van der Waals surface area contributed by atoms with Crippen molar-refractivity contribution in [1.82, 2.24) is 5.32 Å². The molecule has 0 aliphatic heterocycles. The van der Waals surface area contributed by atoms with Gasteiger partial charge in [0.05, 0.1) is 25.2 Å². The summed E-state index contributed by atoms with van der Waals surface area (Å²) in [5, 5.41) is 3.89. The van der Waals surface area contributed by atoms with E-state index in [1.807, 2.05) is 80.6 Å². The van der Waals surface area contributed by atoms with Crippen LogP contribution in [0.25, 0.3) is 22.3 Å². The third kappa shape index (κ3) is 6.66. The summed E-state index contributed by atoms with van der Waals surface area (Å²) in [6, 6.07) is 23.0. The number of rotatable bonds is 12. The second-order valence-corrected chi connectivity index (χ2v) is 8.08. The van der Waals surface area contributed by atoms with Crippen LogP contribution in [-0.4, -0.2) is 32.9 Å². The monoisotopic (exact) mass is 509 g/mol. The molecule has 0 amide bonds. The number of para-hydroxylation sites is 3. The third-order valence-corrected chi connectivity index (χ3v) is 5.63. The number of hydrogen-bond donors (Lipinski definition) is 1. The van der Waals surface area contributed by atoms with Gasteiger partial charge >= 0.3 is 0 Å². The fourth-order valence-electron chi connectivity index (χ4n) is 3.88. The maximum Gasteiger partial charge on any atom is 0.196 e. The van der Waals surface area contributed by atoms with Crippen LogP contribution in [0.2, 0.25) is 0 Å². The largest absolute Gasteiger partial charge is 0.490 e. The zero-order chi connectivity index (χ0) is 24.5. The zero-order valence-electron chi connectivity index (χ0n) is 20.6. The third-order valence-electron chi connectivity index (χ3n) is 5.63. The van der Waals surface area contributed by atoms with Crippen molar-refractivity contribution in [3.63, 3.8) is 0 Å². The molecule has 4 rings (SSSR count). The Kier molecular flexibility index (Phi) is 10.4.